The largest absolute Gasteiger partial charge is 0.495 e. The summed E-state index contributed by atoms with van der Waals surface area (Å²) in [4.78, 5) is 23.7. The highest BCUT2D eigenvalue weighted by Crippen LogP contribution is 2.25. The second-order valence-corrected chi connectivity index (χ2v) is 5.67. The predicted molar refractivity (Wildman–Crippen MR) is 88.5 cm³/mol. The van der Waals surface area contributed by atoms with Crippen molar-refractivity contribution < 1.29 is 23.1 Å². The van der Waals surface area contributed by atoms with E-state index in [-0.39, 0.29) is 12.0 Å². The Morgan fingerprint density at radius 3 is 2.36 bits per heavy atom. The zero-order valence-corrected chi connectivity index (χ0v) is 13.9. The monoisotopic (exact) mass is 368 g/mol. The number of nitrogens with one attached hydrogen (secondary N) is 1. The number of amides is 2. The van der Waals surface area contributed by atoms with Crippen LogP contribution in [0.2, 0.25) is 5.02 Å². The highest BCUT2D eigenvalue weighted by molar-refractivity contribution is 6.32. The molecule has 2 rings (SSSR count). The van der Waals surface area contributed by atoms with Gasteiger partial charge in [-0.2, -0.15) is 0 Å². The Kier molecular flexibility index (Phi) is 5.93. The lowest BCUT2D eigenvalue weighted by molar-refractivity contribution is -0.119. The molecule has 3 N–H and O–H groups in total. The summed E-state index contributed by atoms with van der Waals surface area (Å²) in [6, 6.07) is 6.13. The summed E-state index contributed by atoms with van der Waals surface area (Å²) in [6.45, 7) is 0. The molecule has 2 aromatic rings. The molecular formula is C17H15ClF2N2O3. The van der Waals surface area contributed by atoms with Gasteiger partial charge in [0.2, 0.25) is 5.91 Å². The quantitative estimate of drug-likeness (QED) is 0.821. The van der Waals surface area contributed by atoms with Gasteiger partial charge in [0.05, 0.1) is 12.1 Å². The summed E-state index contributed by atoms with van der Waals surface area (Å²) in [6.07, 6.45) is 0.0581. The van der Waals surface area contributed by atoms with Gasteiger partial charge < -0.3 is 15.8 Å². The van der Waals surface area contributed by atoms with E-state index in [0.29, 0.717) is 22.4 Å². The SMILES string of the molecule is COc1ccc(C[C@@H](NC(=O)c2cc(F)cc(F)c2)C(N)=O)cc1Cl. The fourth-order valence-corrected chi connectivity index (χ4v) is 2.50. The van der Waals surface area contributed by atoms with Crippen molar-refractivity contribution in [2.45, 2.75) is 12.5 Å². The first-order valence-corrected chi connectivity index (χ1v) is 7.56. The number of rotatable bonds is 6. The molecule has 0 heterocycles. The lowest BCUT2D eigenvalue weighted by Crippen LogP contribution is -2.45. The second kappa shape index (κ2) is 7.94. The molecule has 0 fully saturated rings. The number of ether oxygens (including phenoxy) is 1. The lowest BCUT2D eigenvalue weighted by atomic mass is 10.0. The second-order valence-electron chi connectivity index (χ2n) is 5.26. The molecule has 0 unspecified atom stereocenters. The van der Waals surface area contributed by atoms with E-state index < -0.39 is 29.5 Å². The van der Waals surface area contributed by atoms with Crippen LogP contribution in [0, 0.1) is 11.6 Å². The van der Waals surface area contributed by atoms with E-state index in [1.165, 1.54) is 7.11 Å². The molecule has 1 atom stereocenters. The number of hydrogen-bond donors (Lipinski definition) is 2. The maximum Gasteiger partial charge on any atom is 0.252 e. The molecule has 0 saturated carbocycles. The first kappa shape index (κ1) is 18.7. The topological polar surface area (TPSA) is 81.4 Å². The Morgan fingerprint density at radius 1 is 1.20 bits per heavy atom. The molecule has 0 aliphatic carbocycles. The standard InChI is InChI=1S/C17H15ClF2N2O3/c1-25-15-3-2-9(4-13(15)18)5-14(16(21)23)22-17(24)10-6-11(19)8-12(20)7-10/h2-4,6-8,14H,5H2,1H3,(H2,21,23)(H,22,24)/t14-/m1/s1. The molecule has 8 heteroatoms. The van der Waals surface area contributed by atoms with E-state index in [2.05, 4.69) is 5.32 Å². The fourth-order valence-electron chi connectivity index (χ4n) is 2.22. The van der Waals surface area contributed by atoms with E-state index in [0.717, 1.165) is 12.1 Å². The van der Waals surface area contributed by atoms with E-state index in [1.807, 2.05) is 0 Å². The third-order valence-corrected chi connectivity index (χ3v) is 3.72. The Hall–Kier alpha value is -2.67. The minimum Gasteiger partial charge on any atom is -0.495 e. The van der Waals surface area contributed by atoms with Gasteiger partial charge in [-0.25, -0.2) is 8.78 Å². The number of methoxy groups -OCH3 is 1. The van der Waals surface area contributed by atoms with Gasteiger partial charge >= 0.3 is 0 Å². The van der Waals surface area contributed by atoms with Crippen molar-refractivity contribution in [1.29, 1.82) is 0 Å². The van der Waals surface area contributed by atoms with Crippen molar-refractivity contribution >= 4 is 23.4 Å². The number of halogens is 3. The van der Waals surface area contributed by atoms with Crippen LogP contribution in [0.5, 0.6) is 5.75 Å². The fraction of sp³-hybridized carbons (Fsp3) is 0.176. The number of benzene rings is 2. The van der Waals surface area contributed by atoms with Gasteiger partial charge in [-0.3, -0.25) is 9.59 Å². The summed E-state index contributed by atoms with van der Waals surface area (Å²) in [5.41, 5.74) is 5.68. The Balaban J connectivity index is 2.16. The number of nitrogens with two attached hydrogens (primary N) is 1. The third kappa shape index (κ3) is 4.90. The molecule has 0 aromatic heterocycles. The Morgan fingerprint density at radius 2 is 1.84 bits per heavy atom. The summed E-state index contributed by atoms with van der Waals surface area (Å²) < 4.78 is 31.5. The average molecular weight is 369 g/mol. The minimum atomic E-state index is -1.08. The van der Waals surface area contributed by atoms with Crippen molar-refractivity contribution in [2.75, 3.05) is 7.11 Å². The van der Waals surface area contributed by atoms with Crippen LogP contribution in [0.4, 0.5) is 8.78 Å². The van der Waals surface area contributed by atoms with Gasteiger partial charge in [-0.05, 0) is 29.8 Å². The van der Waals surface area contributed by atoms with Gasteiger partial charge in [0.1, 0.15) is 23.4 Å². The van der Waals surface area contributed by atoms with Crippen LogP contribution in [0.1, 0.15) is 15.9 Å². The van der Waals surface area contributed by atoms with Crippen molar-refractivity contribution in [1.82, 2.24) is 5.32 Å². The van der Waals surface area contributed by atoms with Crippen LogP contribution < -0.4 is 15.8 Å². The summed E-state index contributed by atoms with van der Waals surface area (Å²) in [7, 11) is 1.46. The molecule has 25 heavy (non-hydrogen) atoms. The van der Waals surface area contributed by atoms with E-state index >= 15 is 0 Å². The Labute approximate surface area is 147 Å². The van der Waals surface area contributed by atoms with E-state index in [1.54, 1.807) is 18.2 Å². The molecule has 0 saturated heterocycles. The van der Waals surface area contributed by atoms with Crippen LogP contribution in [-0.2, 0) is 11.2 Å². The van der Waals surface area contributed by atoms with Crippen LogP contribution in [-0.4, -0.2) is 25.0 Å². The molecule has 132 valence electrons. The summed E-state index contributed by atoms with van der Waals surface area (Å²) in [5, 5.41) is 2.70. The number of primary amides is 1. The Bertz CT molecular complexity index is 794. The molecule has 0 radical (unpaired) electrons. The maximum absolute atomic E-state index is 13.2. The van der Waals surface area contributed by atoms with Crippen LogP contribution in [0.3, 0.4) is 0 Å². The van der Waals surface area contributed by atoms with Crippen LogP contribution in [0.15, 0.2) is 36.4 Å². The smallest absolute Gasteiger partial charge is 0.252 e. The van der Waals surface area contributed by atoms with Crippen LogP contribution >= 0.6 is 11.6 Å². The summed E-state index contributed by atoms with van der Waals surface area (Å²) >= 11 is 6.02. The van der Waals surface area contributed by atoms with Crippen molar-refractivity contribution in [2.24, 2.45) is 5.73 Å². The predicted octanol–water partition coefficient (Wildman–Crippen LogP) is 2.45. The first-order chi connectivity index (χ1) is 11.8. The minimum absolute atomic E-state index is 0.0581. The molecule has 2 amide bonds. The third-order valence-electron chi connectivity index (χ3n) is 3.43. The lowest BCUT2D eigenvalue weighted by Gasteiger charge is -2.16. The van der Waals surface area contributed by atoms with Gasteiger partial charge in [-0.1, -0.05) is 17.7 Å². The molecular weight excluding hydrogens is 354 g/mol. The number of carbonyl (C=O) groups excluding carboxylic acids is 2. The number of hydrogen-bond acceptors (Lipinski definition) is 3. The molecule has 0 spiro atoms. The van der Waals surface area contributed by atoms with Gasteiger partial charge in [0.25, 0.3) is 5.91 Å². The molecule has 0 bridgehead atoms. The van der Waals surface area contributed by atoms with Gasteiger partial charge in [0.15, 0.2) is 0 Å². The summed E-state index contributed by atoms with van der Waals surface area (Å²) in [5.74, 6) is -2.95. The molecule has 0 aliphatic heterocycles. The highest BCUT2D eigenvalue weighted by Gasteiger charge is 2.21. The average Bonchev–Trinajstić information content (AvgIpc) is 2.53. The molecule has 2 aromatic carbocycles. The normalized spacial score (nSPS) is 11.7. The van der Waals surface area contributed by atoms with Crippen molar-refractivity contribution in [3.8, 4) is 5.75 Å². The molecule has 0 aliphatic rings. The maximum atomic E-state index is 13.2. The van der Waals surface area contributed by atoms with Gasteiger partial charge in [0, 0.05) is 18.1 Å². The number of carbonyl (C=O) groups is 2. The van der Waals surface area contributed by atoms with E-state index in [9.17, 15) is 18.4 Å². The first-order valence-electron chi connectivity index (χ1n) is 7.19. The van der Waals surface area contributed by atoms with Crippen LogP contribution in [0.25, 0.3) is 0 Å². The van der Waals surface area contributed by atoms with Crippen molar-refractivity contribution in [3.63, 3.8) is 0 Å². The zero-order valence-electron chi connectivity index (χ0n) is 13.2. The van der Waals surface area contributed by atoms with Gasteiger partial charge in [-0.15, -0.1) is 0 Å². The van der Waals surface area contributed by atoms with Crippen molar-refractivity contribution in [3.05, 3.63) is 64.2 Å². The zero-order chi connectivity index (χ0) is 18.6. The molecule has 5 nitrogen and oxygen atoms in total. The highest BCUT2D eigenvalue weighted by atomic mass is 35.5. The van der Waals surface area contributed by atoms with E-state index in [4.69, 9.17) is 22.1 Å².